The highest BCUT2D eigenvalue weighted by Crippen LogP contribution is 2.45. The van der Waals surface area contributed by atoms with E-state index in [0.717, 1.165) is 17.0 Å². The fraction of sp³-hybridized carbons (Fsp3) is 0.208. The van der Waals surface area contributed by atoms with Crippen molar-refractivity contribution in [1.29, 1.82) is 5.26 Å². The van der Waals surface area contributed by atoms with E-state index < -0.39 is 23.4 Å². The predicted molar refractivity (Wildman–Crippen MR) is 130 cm³/mol. The quantitative estimate of drug-likeness (QED) is 0.421. The predicted octanol–water partition coefficient (Wildman–Crippen LogP) is 4.25. The first-order valence-corrected chi connectivity index (χ1v) is 11.1. The number of benzene rings is 2. The summed E-state index contributed by atoms with van der Waals surface area (Å²) in [4.78, 5) is 19.9. The summed E-state index contributed by atoms with van der Waals surface area (Å²) < 4.78 is 30.8. The van der Waals surface area contributed by atoms with Gasteiger partial charge in [-0.3, -0.25) is 9.80 Å². The first kappa shape index (κ1) is 24.3. The number of hydrogen-bond acceptors (Lipinski definition) is 6. The number of nitrogens with zero attached hydrogens (tertiary/aromatic N) is 4. The second-order valence-electron chi connectivity index (χ2n) is 7.73. The SMILES string of the molecule is CN1C(=O)N(c2c(F)cc(NCCNCCO)cc2F)c2cc(C#N)ccc2-c2cc(Cl)cnc21. The smallest absolute Gasteiger partial charge is 0.334 e. The van der Waals surface area contributed by atoms with Crippen LogP contribution in [0.25, 0.3) is 11.1 Å². The molecule has 1 aliphatic rings. The van der Waals surface area contributed by atoms with Gasteiger partial charge in [0.2, 0.25) is 0 Å². The number of anilines is 4. The van der Waals surface area contributed by atoms with Crippen LogP contribution in [0.3, 0.4) is 0 Å². The summed E-state index contributed by atoms with van der Waals surface area (Å²) in [5, 5.41) is 24.4. The van der Waals surface area contributed by atoms with Crippen LogP contribution in [-0.4, -0.2) is 49.4 Å². The number of nitriles is 1. The number of hydrogen-bond donors (Lipinski definition) is 3. The van der Waals surface area contributed by atoms with Crippen molar-refractivity contribution in [2.24, 2.45) is 0 Å². The van der Waals surface area contributed by atoms with E-state index in [2.05, 4.69) is 15.6 Å². The number of rotatable bonds is 7. The molecule has 11 heteroatoms. The van der Waals surface area contributed by atoms with Crippen molar-refractivity contribution >= 4 is 40.5 Å². The molecule has 0 radical (unpaired) electrons. The second kappa shape index (κ2) is 10.2. The molecular weight excluding hydrogens is 478 g/mol. The Bertz CT molecular complexity index is 1310. The number of carbonyl (C=O) groups excluding carboxylic acids is 1. The van der Waals surface area contributed by atoms with Crippen LogP contribution in [0.15, 0.2) is 42.6 Å². The number of carbonyl (C=O) groups is 1. The summed E-state index contributed by atoms with van der Waals surface area (Å²) in [5.41, 5.74) is 0.842. The van der Waals surface area contributed by atoms with Crippen LogP contribution < -0.4 is 20.4 Å². The molecule has 35 heavy (non-hydrogen) atoms. The lowest BCUT2D eigenvalue weighted by Gasteiger charge is -2.27. The maximum Gasteiger partial charge on any atom is 0.334 e. The topological polar surface area (TPSA) is 105 Å². The highest BCUT2D eigenvalue weighted by atomic mass is 35.5. The van der Waals surface area contributed by atoms with Crippen LogP contribution in [0.4, 0.5) is 36.5 Å². The molecule has 2 heterocycles. The van der Waals surface area contributed by atoms with Crippen LogP contribution in [0.5, 0.6) is 0 Å². The van der Waals surface area contributed by atoms with E-state index >= 15 is 8.78 Å². The zero-order valence-corrected chi connectivity index (χ0v) is 19.4. The molecule has 4 rings (SSSR count). The van der Waals surface area contributed by atoms with Gasteiger partial charge >= 0.3 is 6.03 Å². The lowest BCUT2D eigenvalue weighted by molar-refractivity contribution is 0.254. The van der Waals surface area contributed by atoms with Crippen molar-refractivity contribution in [2.45, 2.75) is 0 Å². The molecule has 0 atom stereocenters. The lowest BCUT2D eigenvalue weighted by Crippen LogP contribution is -2.39. The molecule has 0 saturated carbocycles. The monoisotopic (exact) mass is 498 g/mol. The third kappa shape index (κ3) is 4.74. The summed E-state index contributed by atoms with van der Waals surface area (Å²) >= 11 is 6.15. The van der Waals surface area contributed by atoms with E-state index in [1.807, 2.05) is 6.07 Å². The van der Waals surface area contributed by atoms with Gasteiger partial charge in [-0.2, -0.15) is 5.26 Å². The minimum atomic E-state index is -0.970. The van der Waals surface area contributed by atoms with Gasteiger partial charge in [-0.1, -0.05) is 17.7 Å². The van der Waals surface area contributed by atoms with Crippen LogP contribution in [0, 0.1) is 23.0 Å². The highest BCUT2D eigenvalue weighted by Gasteiger charge is 2.35. The minimum Gasteiger partial charge on any atom is -0.395 e. The molecule has 3 N–H and O–H groups in total. The molecule has 0 fully saturated rings. The van der Waals surface area contributed by atoms with Gasteiger partial charge in [-0.15, -0.1) is 0 Å². The number of pyridine rings is 1. The van der Waals surface area contributed by atoms with Gasteiger partial charge in [0, 0.05) is 49.7 Å². The molecular formula is C24H21ClF2N6O2. The van der Waals surface area contributed by atoms with Crippen LogP contribution >= 0.6 is 11.6 Å². The Morgan fingerprint density at radius 2 is 1.86 bits per heavy atom. The highest BCUT2D eigenvalue weighted by molar-refractivity contribution is 6.31. The Hall–Kier alpha value is -3.78. The molecule has 2 aromatic carbocycles. The first-order chi connectivity index (χ1) is 16.8. The van der Waals surface area contributed by atoms with Gasteiger partial charge in [0.15, 0.2) is 11.6 Å². The molecule has 0 saturated heterocycles. The normalized spacial score (nSPS) is 12.6. The largest absolute Gasteiger partial charge is 0.395 e. The Labute approximate surface area is 205 Å². The molecule has 2 amide bonds. The number of aliphatic hydroxyl groups excluding tert-OH is 1. The van der Waals surface area contributed by atoms with Crippen molar-refractivity contribution in [2.75, 3.05) is 48.4 Å². The van der Waals surface area contributed by atoms with Gasteiger partial charge < -0.3 is 15.7 Å². The number of aliphatic hydroxyl groups is 1. The maximum atomic E-state index is 15.4. The summed E-state index contributed by atoms with van der Waals surface area (Å²) in [6.07, 6.45) is 1.38. The Balaban J connectivity index is 1.82. The van der Waals surface area contributed by atoms with Gasteiger partial charge in [-0.05, 0) is 30.3 Å². The van der Waals surface area contributed by atoms with E-state index in [1.165, 1.54) is 24.2 Å². The van der Waals surface area contributed by atoms with Crippen molar-refractivity contribution in [3.05, 3.63) is 64.8 Å². The van der Waals surface area contributed by atoms with E-state index in [1.54, 1.807) is 18.2 Å². The van der Waals surface area contributed by atoms with Crippen LogP contribution in [-0.2, 0) is 0 Å². The summed E-state index contributed by atoms with van der Waals surface area (Å²) in [6, 6.07) is 9.56. The van der Waals surface area contributed by atoms with Crippen LogP contribution in [0.2, 0.25) is 5.02 Å². The molecule has 1 aliphatic heterocycles. The summed E-state index contributed by atoms with van der Waals surface area (Å²) in [5.74, 6) is -1.69. The fourth-order valence-electron chi connectivity index (χ4n) is 3.85. The zero-order valence-electron chi connectivity index (χ0n) is 18.6. The first-order valence-electron chi connectivity index (χ1n) is 10.7. The fourth-order valence-corrected chi connectivity index (χ4v) is 4.01. The summed E-state index contributed by atoms with van der Waals surface area (Å²) in [6.45, 7) is 1.22. The maximum absolute atomic E-state index is 15.4. The van der Waals surface area contributed by atoms with Gasteiger partial charge in [0.05, 0.1) is 28.9 Å². The number of nitrogens with one attached hydrogen (secondary N) is 2. The molecule has 180 valence electrons. The average molecular weight is 499 g/mol. The van der Waals surface area contributed by atoms with Gasteiger partial charge in [0.1, 0.15) is 11.5 Å². The minimum absolute atomic E-state index is 0.0170. The Morgan fingerprint density at radius 3 is 2.54 bits per heavy atom. The molecule has 1 aromatic heterocycles. The van der Waals surface area contributed by atoms with E-state index in [4.69, 9.17) is 16.7 Å². The zero-order chi connectivity index (χ0) is 25.1. The second-order valence-corrected chi connectivity index (χ2v) is 8.17. The molecule has 0 unspecified atom stereocenters. The van der Waals surface area contributed by atoms with Crippen molar-refractivity contribution < 1.29 is 18.7 Å². The van der Waals surface area contributed by atoms with Crippen molar-refractivity contribution in [1.82, 2.24) is 10.3 Å². The molecule has 0 aliphatic carbocycles. The number of fused-ring (bicyclic) bond motifs is 3. The Kier molecular flexibility index (Phi) is 7.12. The number of halogens is 3. The van der Waals surface area contributed by atoms with Crippen molar-refractivity contribution in [3.8, 4) is 17.2 Å². The van der Waals surface area contributed by atoms with E-state index in [-0.39, 0.29) is 29.4 Å². The Morgan fingerprint density at radius 1 is 1.11 bits per heavy atom. The molecule has 3 aromatic rings. The van der Waals surface area contributed by atoms with Crippen molar-refractivity contribution in [3.63, 3.8) is 0 Å². The summed E-state index contributed by atoms with van der Waals surface area (Å²) in [7, 11) is 1.44. The molecule has 0 spiro atoms. The number of amides is 2. The van der Waals surface area contributed by atoms with E-state index in [0.29, 0.717) is 35.8 Å². The van der Waals surface area contributed by atoms with Gasteiger partial charge in [-0.25, -0.2) is 18.6 Å². The lowest BCUT2D eigenvalue weighted by atomic mass is 10.0. The third-order valence-electron chi connectivity index (χ3n) is 5.45. The number of urea groups is 1. The third-order valence-corrected chi connectivity index (χ3v) is 5.65. The van der Waals surface area contributed by atoms with E-state index in [9.17, 15) is 10.1 Å². The molecule has 8 nitrogen and oxygen atoms in total. The number of aromatic nitrogens is 1. The average Bonchev–Trinajstić information content (AvgIpc) is 2.92. The standard InChI is InChI=1S/C24H21ClF2N6O2/c1-32-23-18(9-15(25)13-31-23)17-3-2-14(12-28)8-21(17)33(24(32)35)22-19(26)10-16(11-20(22)27)30-5-4-29-6-7-34/h2-3,8-11,13,29-30,34H,4-7H2,1H3. The van der Waals surface area contributed by atoms with Crippen LogP contribution in [0.1, 0.15) is 5.56 Å². The molecule has 0 bridgehead atoms. The van der Waals surface area contributed by atoms with Gasteiger partial charge in [0.25, 0.3) is 0 Å².